The number of morpholine rings is 1. The van der Waals surface area contributed by atoms with Crippen LogP contribution >= 0.6 is 0 Å². The number of rotatable bonds is 4. The Morgan fingerprint density at radius 1 is 1.41 bits per heavy atom. The van der Waals surface area contributed by atoms with Crippen molar-refractivity contribution in [1.82, 2.24) is 19.9 Å². The van der Waals surface area contributed by atoms with E-state index in [9.17, 15) is 4.21 Å². The molecule has 1 saturated carbocycles. The molecule has 0 bridgehead atoms. The van der Waals surface area contributed by atoms with E-state index in [2.05, 4.69) is 15.0 Å². The molecule has 2 atom stereocenters. The number of pyridine rings is 1. The summed E-state index contributed by atoms with van der Waals surface area (Å²) in [6, 6.07) is 5.00. The average molecular weight is 417 g/mol. The molecular weight excluding hydrogens is 388 g/mol. The van der Waals surface area contributed by atoms with Gasteiger partial charge in [0.1, 0.15) is 11.5 Å². The summed E-state index contributed by atoms with van der Waals surface area (Å²) >= 11 is 0. The van der Waals surface area contributed by atoms with E-state index in [1.165, 1.54) is 6.07 Å². The first-order valence-electron chi connectivity index (χ1n) is 11.3. The van der Waals surface area contributed by atoms with Gasteiger partial charge in [-0.1, -0.05) is 0 Å². The van der Waals surface area contributed by atoms with Gasteiger partial charge in [0.2, 0.25) is 0 Å². The van der Waals surface area contributed by atoms with Crippen molar-refractivity contribution < 1.29 is 14.4 Å². The number of hydrogen-bond acceptors (Lipinski definition) is 7. The van der Waals surface area contributed by atoms with Gasteiger partial charge in [-0.2, -0.15) is 0 Å². The van der Waals surface area contributed by atoms with Crippen LogP contribution in [-0.2, 0) is 19.2 Å². The summed E-state index contributed by atoms with van der Waals surface area (Å²) in [5, 5.41) is 0.745. The summed E-state index contributed by atoms with van der Waals surface area (Å²) in [4.78, 5) is 18.6. The van der Waals surface area contributed by atoms with E-state index in [-0.39, 0.29) is 17.6 Å². The van der Waals surface area contributed by atoms with Gasteiger partial charge in [-0.25, -0.2) is 19.2 Å². The molecule has 5 rings (SSSR count). The van der Waals surface area contributed by atoms with Gasteiger partial charge in [0.25, 0.3) is 0 Å². The van der Waals surface area contributed by atoms with Crippen molar-refractivity contribution in [3.63, 3.8) is 0 Å². The van der Waals surface area contributed by atoms with Crippen LogP contribution in [0.1, 0.15) is 30.8 Å². The largest absolute Gasteiger partial charge is 0.377 e. The Morgan fingerprint density at radius 2 is 2.24 bits per heavy atom. The fourth-order valence-electron chi connectivity index (χ4n) is 3.68. The van der Waals surface area contributed by atoms with Gasteiger partial charge in [0.15, 0.2) is 5.82 Å². The zero-order valence-electron chi connectivity index (χ0n) is 20.1. The quantitative estimate of drug-likeness (QED) is 0.677. The topological polar surface area (TPSA) is 108 Å². The summed E-state index contributed by atoms with van der Waals surface area (Å²) < 4.78 is 58.3. The highest BCUT2D eigenvalue weighted by Crippen LogP contribution is 2.52. The number of aromatic nitrogens is 4. The lowest BCUT2D eigenvalue weighted by atomic mass is 10.1. The Kier molecular flexibility index (Phi) is 3.24. The predicted octanol–water partition coefficient (Wildman–Crippen LogP) is 2.91. The van der Waals surface area contributed by atoms with Crippen molar-refractivity contribution in [1.29, 1.82) is 4.78 Å². The molecule has 4 heterocycles. The number of nitrogens with one attached hydrogen (secondary N) is 2. The monoisotopic (exact) mass is 416 g/mol. The van der Waals surface area contributed by atoms with Gasteiger partial charge in [0.05, 0.1) is 39.4 Å². The first-order chi connectivity index (χ1) is 15.4. The maximum absolute atomic E-state index is 13.2. The van der Waals surface area contributed by atoms with Crippen molar-refractivity contribution in [3.05, 3.63) is 36.3 Å². The summed E-state index contributed by atoms with van der Waals surface area (Å²) in [5.74, 6) is 0.683. The molecule has 0 radical (unpaired) electrons. The average Bonchev–Trinajstić information content (AvgIpc) is 3.04. The van der Waals surface area contributed by atoms with E-state index < -0.39 is 27.2 Å². The molecule has 1 unspecified atom stereocenters. The van der Waals surface area contributed by atoms with Crippen molar-refractivity contribution in [3.8, 4) is 11.4 Å². The van der Waals surface area contributed by atoms with Crippen LogP contribution in [0.2, 0.25) is 0 Å². The standard InChI is InChI=1S/C20H24N6O2S/c1-13-12-28-10-9-26(13)17-11-16(20(5-6-20)29(2,21)27)24-19(25-17)15-4-8-23-18-14(15)3-7-22-18/h3-4,7-8,11,13,21H,5-6,9-10,12H2,1-2H3,(H,22,23)/t13-,29?/m1/s1/i5D2,6D2. The fourth-order valence-corrected chi connectivity index (χ4v) is 4.63. The highest BCUT2D eigenvalue weighted by atomic mass is 32.2. The maximum Gasteiger partial charge on any atom is 0.162 e. The van der Waals surface area contributed by atoms with E-state index in [0.717, 1.165) is 11.6 Å². The van der Waals surface area contributed by atoms with E-state index in [0.29, 0.717) is 36.8 Å². The minimum Gasteiger partial charge on any atom is -0.377 e. The molecular formula is C20H24N6O2S. The number of aromatic amines is 1. The molecule has 2 aliphatic rings. The molecule has 8 nitrogen and oxygen atoms in total. The Morgan fingerprint density at radius 3 is 2.97 bits per heavy atom. The van der Waals surface area contributed by atoms with Crippen LogP contribution in [0.15, 0.2) is 30.6 Å². The van der Waals surface area contributed by atoms with Crippen molar-refractivity contribution in [2.45, 2.75) is 30.5 Å². The SMILES string of the molecule is [2H]C1([2H])C([2H])([2H])C1(c1cc(N2CCOC[C@H]2C)nc(-c2ccnc3[nH]ccc23)n1)S(C)(=N)=O. The molecule has 3 aromatic heterocycles. The number of fused-ring (bicyclic) bond motifs is 1. The van der Waals surface area contributed by atoms with Crippen LogP contribution in [0.5, 0.6) is 0 Å². The molecule has 0 aromatic carbocycles. The number of hydrogen-bond donors (Lipinski definition) is 2. The molecule has 0 spiro atoms. The molecule has 1 saturated heterocycles. The molecule has 1 aliphatic heterocycles. The van der Waals surface area contributed by atoms with Crippen LogP contribution in [0.25, 0.3) is 22.4 Å². The third-order valence-electron chi connectivity index (χ3n) is 5.37. The van der Waals surface area contributed by atoms with Crippen molar-refractivity contribution in [2.24, 2.45) is 0 Å². The first-order valence-corrected chi connectivity index (χ1v) is 11.3. The molecule has 2 fully saturated rings. The molecule has 9 heteroatoms. The van der Waals surface area contributed by atoms with Crippen LogP contribution in [-0.4, -0.2) is 56.2 Å². The van der Waals surface area contributed by atoms with Crippen molar-refractivity contribution >= 4 is 26.6 Å². The third-order valence-corrected chi connectivity index (χ3v) is 6.95. The normalized spacial score (nSPS) is 28.6. The molecule has 29 heavy (non-hydrogen) atoms. The zero-order chi connectivity index (χ0) is 23.8. The van der Waals surface area contributed by atoms with Gasteiger partial charge in [-0.3, -0.25) is 4.78 Å². The van der Waals surface area contributed by atoms with Crippen molar-refractivity contribution in [2.75, 3.05) is 30.9 Å². The summed E-state index contributed by atoms with van der Waals surface area (Å²) in [6.07, 6.45) is -0.660. The number of nitrogens with zero attached hydrogens (tertiary/aromatic N) is 4. The minimum atomic E-state index is -3.75. The summed E-state index contributed by atoms with van der Waals surface area (Å²) in [7, 11) is -3.75. The number of ether oxygens (including phenoxy) is 1. The van der Waals surface area contributed by atoms with Gasteiger partial charge in [-0.05, 0) is 31.8 Å². The van der Waals surface area contributed by atoms with Crippen LogP contribution < -0.4 is 4.90 Å². The Bertz CT molecular complexity index is 1350. The van der Waals surface area contributed by atoms with E-state index in [4.69, 9.17) is 20.0 Å². The summed E-state index contributed by atoms with van der Waals surface area (Å²) in [6.45, 7) is 3.45. The zero-order valence-corrected chi connectivity index (χ0v) is 16.9. The minimum absolute atomic E-state index is 0.0373. The number of H-pyrrole nitrogens is 1. The lowest BCUT2D eigenvalue weighted by Gasteiger charge is -2.35. The second-order valence-electron chi connectivity index (χ2n) is 7.43. The van der Waals surface area contributed by atoms with Crippen LogP contribution in [0.4, 0.5) is 5.82 Å². The molecule has 3 aromatic rings. The highest BCUT2D eigenvalue weighted by molar-refractivity contribution is 7.92. The molecule has 2 N–H and O–H groups in total. The van der Waals surface area contributed by atoms with Gasteiger partial charge >= 0.3 is 0 Å². The van der Waals surface area contributed by atoms with E-state index in [1.807, 2.05) is 17.9 Å². The smallest absolute Gasteiger partial charge is 0.162 e. The molecule has 0 amide bonds. The lowest BCUT2D eigenvalue weighted by Crippen LogP contribution is -2.44. The highest BCUT2D eigenvalue weighted by Gasteiger charge is 2.53. The van der Waals surface area contributed by atoms with Crippen LogP contribution in [0, 0.1) is 4.78 Å². The van der Waals surface area contributed by atoms with Gasteiger partial charge in [0, 0.05) is 47.7 Å². The van der Waals surface area contributed by atoms with Crippen LogP contribution in [0.3, 0.4) is 0 Å². The maximum atomic E-state index is 13.2. The Balaban J connectivity index is 1.80. The van der Waals surface area contributed by atoms with E-state index in [1.54, 1.807) is 18.5 Å². The molecule has 152 valence electrons. The Labute approximate surface area is 175 Å². The lowest BCUT2D eigenvalue weighted by molar-refractivity contribution is 0.0985. The summed E-state index contributed by atoms with van der Waals surface area (Å²) in [5.41, 5.74) is 1.17. The van der Waals surface area contributed by atoms with E-state index >= 15 is 0 Å². The molecule has 1 aliphatic carbocycles. The van der Waals surface area contributed by atoms with Gasteiger partial charge < -0.3 is 14.6 Å². The second-order valence-corrected chi connectivity index (χ2v) is 9.73. The third kappa shape index (κ3) is 3.00. The fraction of sp³-hybridized carbons (Fsp3) is 0.450. The second kappa shape index (κ2) is 6.50. The first kappa shape index (κ1) is 14.5. The Hall–Kier alpha value is -2.52. The van der Waals surface area contributed by atoms with Gasteiger partial charge in [-0.15, -0.1) is 0 Å². The predicted molar refractivity (Wildman–Crippen MR) is 112 cm³/mol. The number of anilines is 1.